The molecule has 3 heteroatoms. The zero-order valence-electron chi connectivity index (χ0n) is 6.17. The SMILES string of the molecule is CSc1ccc(CO)c(F)c1. The van der Waals surface area contributed by atoms with Gasteiger partial charge in [-0.05, 0) is 18.4 Å². The van der Waals surface area contributed by atoms with Crippen LogP contribution in [0.15, 0.2) is 23.1 Å². The molecule has 0 unspecified atom stereocenters. The van der Waals surface area contributed by atoms with Crippen molar-refractivity contribution < 1.29 is 9.50 Å². The molecule has 0 fully saturated rings. The van der Waals surface area contributed by atoms with E-state index < -0.39 is 0 Å². The summed E-state index contributed by atoms with van der Waals surface area (Å²) in [5.41, 5.74) is 0.350. The highest BCUT2D eigenvalue weighted by molar-refractivity contribution is 7.98. The summed E-state index contributed by atoms with van der Waals surface area (Å²) in [6.45, 7) is -0.236. The molecule has 0 spiro atoms. The van der Waals surface area contributed by atoms with Gasteiger partial charge in [-0.15, -0.1) is 11.8 Å². The Morgan fingerprint density at radius 3 is 2.73 bits per heavy atom. The van der Waals surface area contributed by atoms with E-state index in [-0.39, 0.29) is 12.4 Å². The van der Waals surface area contributed by atoms with Crippen molar-refractivity contribution in [3.05, 3.63) is 29.6 Å². The van der Waals surface area contributed by atoms with Crippen LogP contribution in [-0.2, 0) is 6.61 Å². The number of halogens is 1. The summed E-state index contributed by atoms with van der Waals surface area (Å²) >= 11 is 1.48. The molecule has 1 aromatic carbocycles. The van der Waals surface area contributed by atoms with Crippen molar-refractivity contribution in [2.75, 3.05) is 6.26 Å². The van der Waals surface area contributed by atoms with E-state index in [1.807, 2.05) is 6.26 Å². The Morgan fingerprint density at radius 2 is 2.27 bits per heavy atom. The van der Waals surface area contributed by atoms with Crippen molar-refractivity contribution in [3.8, 4) is 0 Å². The average molecular weight is 172 g/mol. The van der Waals surface area contributed by atoms with Crippen LogP contribution < -0.4 is 0 Å². The molecule has 11 heavy (non-hydrogen) atoms. The van der Waals surface area contributed by atoms with E-state index in [2.05, 4.69) is 0 Å². The van der Waals surface area contributed by atoms with Gasteiger partial charge in [0, 0.05) is 10.5 Å². The first kappa shape index (κ1) is 8.56. The third-order valence-corrected chi connectivity index (χ3v) is 2.16. The van der Waals surface area contributed by atoms with Gasteiger partial charge in [0.05, 0.1) is 6.61 Å². The minimum Gasteiger partial charge on any atom is -0.392 e. The predicted octanol–water partition coefficient (Wildman–Crippen LogP) is 2.04. The van der Waals surface area contributed by atoms with E-state index in [1.165, 1.54) is 17.8 Å². The first-order chi connectivity index (χ1) is 5.27. The largest absolute Gasteiger partial charge is 0.392 e. The summed E-state index contributed by atoms with van der Waals surface area (Å²) < 4.78 is 12.9. The summed E-state index contributed by atoms with van der Waals surface area (Å²) in [4.78, 5) is 0.875. The molecule has 0 radical (unpaired) electrons. The van der Waals surface area contributed by atoms with E-state index in [0.29, 0.717) is 5.56 Å². The number of hydrogen-bond donors (Lipinski definition) is 1. The minimum atomic E-state index is -0.334. The number of benzene rings is 1. The Kier molecular flexibility index (Phi) is 2.91. The second-order valence-corrected chi connectivity index (χ2v) is 3.00. The van der Waals surface area contributed by atoms with Crippen LogP contribution >= 0.6 is 11.8 Å². The standard InChI is InChI=1S/C8H9FOS/c1-11-7-3-2-6(5-10)8(9)4-7/h2-4,10H,5H2,1H3. The Labute approximate surface area is 69.2 Å². The van der Waals surface area contributed by atoms with Crippen LogP contribution in [0.1, 0.15) is 5.56 Å². The average Bonchev–Trinajstić information content (AvgIpc) is 2.04. The number of aliphatic hydroxyl groups is 1. The molecule has 60 valence electrons. The smallest absolute Gasteiger partial charge is 0.129 e. The topological polar surface area (TPSA) is 20.2 Å². The van der Waals surface area contributed by atoms with Crippen molar-refractivity contribution >= 4 is 11.8 Å². The van der Waals surface area contributed by atoms with Gasteiger partial charge in [0.2, 0.25) is 0 Å². The molecule has 0 aliphatic carbocycles. The van der Waals surface area contributed by atoms with Crippen molar-refractivity contribution in [1.82, 2.24) is 0 Å². The fourth-order valence-corrected chi connectivity index (χ4v) is 1.21. The molecular weight excluding hydrogens is 163 g/mol. The second-order valence-electron chi connectivity index (χ2n) is 2.12. The van der Waals surface area contributed by atoms with Gasteiger partial charge < -0.3 is 5.11 Å². The Hall–Kier alpha value is -0.540. The molecule has 1 rings (SSSR count). The maximum atomic E-state index is 12.9. The molecule has 0 aromatic heterocycles. The molecule has 0 amide bonds. The Balaban J connectivity index is 2.99. The van der Waals surface area contributed by atoms with Crippen LogP contribution in [0.4, 0.5) is 4.39 Å². The lowest BCUT2D eigenvalue weighted by Crippen LogP contribution is -1.88. The lowest BCUT2D eigenvalue weighted by atomic mass is 10.2. The van der Waals surface area contributed by atoms with Crippen molar-refractivity contribution in [1.29, 1.82) is 0 Å². The van der Waals surface area contributed by atoms with Crippen LogP contribution in [0.5, 0.6) is 0 Å². The normalized spacial score (nSPS) is 10.1. The van der Waals surface area contributed by atoms with Crippen LogP contribution in [0.25, 0.3) is 0 Å². The third-order valence-electron chi connectivity index (χ3n) is 1.43. The predicted molar refractivity (Wildman–Crippen MR) is 44.1 cm³/mol. The number of rotatable bonds is 2. The van der Waals surface area contributed by atoms with Gasteiger partial charge in [-0.1, -0.05) is 6.07 Å². The fourth-order valence-electron chi connectivity index (χ4n) is 0.783. The van der Waals surface area contributed by atoms with E-state index >= 15 is 0 Å². The maximum Gasteiger partial charge on any atom is 0.129 e. The summed E-state index contributed by atoms with van der Waals surface area (Å²) in [6, 6.07) is 4.82. The maximum absolute atomic E-state index is 12.9. The van der Waals surface area contributed by atoms with Crippen molar-refractivity contribution in [3.63, 3.8) is 0 Å². The van der Waals surface area contributed by atoms with Gasteiger partial charge in [0.25, 0.3) is 0 Å². The van der Waals surface area contributed by atoms with E-state index in [9.17, 15) is 4.39 Å². The Morgan fingerprint density at radius 1 is 1.55 bits per heavy atom. The lowest BCUT2D eigenvalue weighted by molar-refractivity contribution is 0.275. The fraction of sp³-hybridized carbons (Fsp3) is 0.250. The molecule has 1 aromatic rings. The van der Waals surface area contributed by atoms with Crippen LogP contribution in [0, 0.1) is 5.82 Å². The van der Waals surface area contributed by atoms with Crippen molar-refractivity contribution in [2.45, 2.75) is 11.5 Å². The first-order valence-corrected chi connectivity index (χ1v) is 4.43. The van der Waals surface area contributed by atoms with Crippen LogP contribution in [-0.4, -0.2) is 11.4 Å². The third kappa shape index (κ3) is 1.94. The number of thioether (sulfide) groups is 1. The minimum absolute atomic E-state index is 0.236. The molecule has 0 saturated carbocycles. The Bertz CT molecular complexity index is 250. The van der Waals surface area contributed by atoms with Crippen molar-refractivity contribution in [2.24, 2.45) is 0 Å². The summed E-state index contributed by atoms with van der Waals surface area (Å²) in [7, 11) is 0. The molecule has 0 aliphatic heterocycles. The first-order valence-electron chi connectivity index (χ1n) is 3.21. The van der Waals surface area contributed by atoms with Gasteiger partial charge in [-0.3, -0.25) is 0 Å². The van der Waals surface area contributed by atoms with E-state index in [4.69, 9.17) is 5.11 Å². The molecule has 1 N–H and O–H groups in total. The molecule has 1 nitrogen and oxygen atoms in total. The van der Waals surface area contributed by atoms with Gasteiger partial charge in [0.1, 0.15) is 5.82 Å². The van der Waals surface area contributed by atoms with Crippen LogP contribution in [0.3, 0.4) is 0 Å². The molecule has 0 saturated heterocycles. The van der Waals surface area contributed by atoms with Gasteiger partial charge in [-0.25, -0.2) is 4.39 Å². The van der Waals surface area contributed by atoms with E-state index in [0.717, 1.165) is 4.90 Å². The zero-order valence-corrected chi connectivity index (χ0v) is 6.99. The molecule has 0 heterocycles. The molecular formula is C8H9FOS. The number of hydrogen-bond acceptors (Lipinski definition) is 2. The van der Waals surface area contributed by atoms with E-state index in [1.54, 1.807) is 12.1 Å². The zero-order chi connectivity index (χ0) is 8.27. The van der Waals surface area contributed by atoms with Gasteiger partial charge >= 0.3 is 0 Å². The molecule has 0 aliphatic rings. The highest BCUT2D eigenvalue weighted by Gasteiger charge is 2.00. The summed E-state index contributed by atoms with van der Waals surface area (Å²) in [5.74, 6) is -0.334. The quantitative estimate of drug-likeness (QED) is 0.689. The molecule has 0 atom stereocenters. The summed E-state index contributed by atoms with van der Waals surface area (Å²) in [5, 5.41) is 8.64. The summed E-state index contributed by atoms with van der Waals surface area (Å²) in [6.07, 6.45) is 1.88. The molecule has 0 bridgehead atoms. The van der Waals surface area contributed by atoms with Gasteiger partial charge in [-0.2, -0.15) is 0 Å². The monoisotopic (exact) mass is 172 g/mol. The lowest BCUT2D eigenvalue weighted by Gasteiger charge is -2.00. The van der Waals surface area contributed by atoms with Gasteiger partial charge in [0.15, 0.2) is 0 Å². The highest BCUT2D eigenvalue weighted by atomic mass is 32.2. The second kappa shape index (κ2) is 3.74. The number of aliphatic hydroxyl groups excluding tert-OH is 1. The highest BCUT2D eigenvalue weighted by Crippen LogP contribution is 2.17. The van der Waals surface area contributed by atoms with Crippen LogP contribution in [0.2, 0.25) is 0 Å².